The predicted octanol–water partition coefficient (Wildman–Crippen LogP) is 11.5. The second-order valence-corrected chi connectivity index (χ2v) is 27.8. The first-order valence-electron chi connectivity index (χ1n) is 21.8. The molecule has 4 aromatic carbocycles. The summed E-state index contributed by atoms with van der Waals surface area (Å²) in [5.74, 6) is -2.99. The zero-order valence-corrected chi connectivity index (χ0v) is 50.1. The Hall–Kier alpha value is -3.73. The molecule has 4 amide bonds. The molecule has 3 heterocycles. The molecule has 400 valence electrons. The highest BCUT2D eigenvalue weighted by Gasteiger charge is 2.46. The number of halogens is 11. The minimum Gasteiger partial charge on any atom is -0.412 e. The lowest BCUT2D eigenvalue weighted by Gasteiger charge is -2.32. The van der Waals surface area contributed by atoms with Gasteiger partial charge in [-0.05, 0) is 207 Å². The molecule has 6 aromatic rings. The molecule has 0 radical (unpaired) electrons. The number of aromatic nitrogens is 4. The van der Waals surface area contributed by atoms with Gasteiger partial charge in [0.25, 0.3) is 11.1 Å². The van der Waals surface area contributed by atoms with E-state index in [-0.39, 0.29) is 51.0 Å². The van der Waals surface area contributed by atoms with Crippen LogP contribution >= 0.6 is 130 Å². The number of nitrogens with zero attached hydrogens (tertiary/aromatic N) is 7. The number of hydrogen-bond donors (Lipinski definition) is 0. The highest BCUT2D eigenvalue weighted by atomic mass is 127. The van der Waals surface area contributed by atoms with Crippen LogP contribution in [0.25, 0.3) is 11.4 Å². The molecule has 2 aromatic heterocycles. The third kappa shape index (κ3) is 16.6. The smallest absolute Gasteiger partial charge is 0.339 e. The Morgan fingerprint density at radius 2 is 0.960 bits per heavy atom. The third-order valence-electron chi connectivity index (χ3n) is 10.9. The van der Waals surface area contributed by atoms with E-state index in [4.69, 9.17) is 23.2 Å². The lowest BCUT2D eigenvalue weighted by Crippen LogP contribution is -2.56. The average molecular weight is 1490 g/mol. The van der Waals surface area contributed by atoms with Crippen molar-refractivity contribution >= 4 is 159 Å². The maximum atomic E-state index is 14.0. The van der Waals surface area contributed by atoms with E-state index in [1.807, 2.05) is 100 Å². The van der Waals surface area contributed by atoms with Crippen molar-refractivity contribution in [1.29, 1.82) is 0 Å². The Morgan fingerprint density at radius 1 is 0.547 bits per heavy atom. The van der Waals surface area contributed by atoms with Crippen LogP contribution in [0.3, 0.4) is 0 Å². The topological polar surface area (TPSA) is 198 Å². The van der Waals surface area contributed by atoms with Crippen molar-refractivity contribution in [3.05, 3.63) is 177 Å². The zero-order valence-electron chi connectivity index (χ0n) is 38.9. The molecular weight excluding hydrogens is 1450 g/mol. The van der Waals surface area contributed by atoms with E-state index in [9.17, 15) is 51.3 Å². The van der Waals surface area contributed by atoms with Crippen molar-refractivity contribution in [3.8, 4) is 11.4 Å². The van der Waals surface area contributed by atoms with Crippen LogP contribution in [-0.2, 0) is 14.2 Å². The fourth-order valence-corrected chi connectivity index (χ4v) is 9.01. The fourth-order valence-electron chi connectivity index (χ4n) is 7.09. The number of imide groups is 2. The van der Waals surface area contributed by atoms with Gasteiger partial charge in [-0.3, -0.25) is 37.8 Å². The number of hydrogen-bond acceptors (Lipinski definition) is 9. The monoisotopic (exact) mass is 1490 g/mol. The summed E-state index contributed by atoms with van der Waals surface area (Å²) in [6, 6.07) is 24.6. The van der Waals surface area contributed by atoms with E-state index < -0.39 is 69.4 Å². The van der Waals surface area contributed by atoms with Crippen molar-refractivity contribution in [2.75, 3.05) is 23.9 Å². The first-order valence-corrected chi connectivity index (χ1v) is 30.2. The average Bonchev–Trinajstić information content (AvgIpc) is 4.13. The molecule has 4 fully saturated rings. The van der Waals surface area contributed by atoms with Gasteiger partial charge in [-0.1, -0.05) is 41.4 Å². The van der Waals surface area contributed by atoms with Gasteiger partial charge in [-0.15, -0.1) is 0 Å². The SMILES string of the molecule is CN(C)c1ccccc1.O.O=C1CC(=O)N(C2CC2)C(=O)N1c1ccc(I)cc1F.O=P(Cl)(Cl)Cl.O=c1cc(Cl)n(-c2ccc(I)cc2F)c(=O)n1C1CC1.O=c1cc(Cl)n(C2CC2)c(=O)n1-c1ccc(I)cc1F. The summed E-state index contributed by atoms with van der Waals surface area (Å²) in [5, 5.41) is -3.21. The molecule has 3 saturated carbocycles. The lowest BCUT2D eigenvalue weighted by atomic mass is 10.2. The number of anilines is 2. The molecule has 3 aliphatic carbocycles. The predicted molar refractivity (Wildman–Crippen MR) is 311 cm³/mol. The number of benzene rings is 4. The van der Waals surface area contributed by atoms with Gasteiger partial charge in [0.2, 0.25) is 11.8 Å². The highest BCUT2D eigenvalue weighted by molar-refractivity contribution is 14.1. The van der Waals surface area contributed by atoms with Crippen LogP contribution in [0.5, 0.6) is 0 Å². The molecular formula is C47H41Cl5F3I3N7O9P. The summed E-state index contributed by atoms with van der Waals surface area (Å²) in [5.41, 5.74) is -1.10. The van der Waals surface area contributed by atoms with Crippen LogP contribution < -0.4 is 32.3 Å². The summed E-state index contributed by atoms with van der Waals surface area (Å²) in [6.07, 6.45) is 4.34. The molecule has 28 heteroatoms. The zero-order chi connectivity index (χ0) is 54.5. The van der Waals surface area contributed by atoms with Crippen LogP contribution in [-0.4, -0.2) is 66.6 Å². The molecule has 10 rings (SSSR count). The highest BCUT2D eigenvalue weighted by Crippen LogP contribution is 2.61. The Kier molecular flexibility index (Phi) is 22.2. The molecule has 4 aliphatic rings. The Labute approximate surface area is 490 Å². The van der Waals surface area contributed by atoms with Crippen molar-refractivity contribution in [3.63, 3.8) is 0 Å². The summed E-state index contributed by atoms with van der Waals surface area (Å²) >= 11 is 31.6. The summed E-state index contributed by atoms with van der Waals surface area (Å²) in [6.45, 7) is 0. The number of barbiturate groups is 1. The lowest BCUT2D eigenvalue weighted by molar-refractivity contribution is -0.135. The number of amides is 4. The number of carbonyl (C=O) groups is 3. The molecule has 0 unspecified atom stereocenters. The standard InChI is InChI=1S/2C13H9ClFIN2O2.C13H10FIN2O3.C8H11N.Cl3OP.H2O/c14-11-6-12(19)17(8-2-3-8)13(20)18(11)10-4-1-7(16)5-9(10)15;14-11-6-12(19)18(13(20)17(11)8-2-3-8)10-4-1-7(16)5-9(10)15;14-9-5-7(15)1-4-10(9)17-12(19)6-11(18)16(13(17)20)8-2-3-8;1-9(2)8-6-4-3-5-7-8;1-5(2,3)4;/h2*1,4-6,8H,2-3H2;1,4-5,8H,2-3,6H2;3-7H,1-2H3;;1H2. The van der Waals surface area contributed by atoms with E-state index in [2.05, 4.69) is 50.8 Å². The third-order valence-corrected chi connectivity index (χ3v) is 13.4. The molecule has 1 aliphatic heterocycles. The maximum absolute atomic E-state index is 14.0. The van der Waals surface area contributed by atoms with E-state index in [1.165, 1.54) is 46.7 Å². The molecule has 0 atom stereocenters. The van der Waals surface area contributed by atoms with Gasteiger partial charge in [0, 0.05) is 60.8 Å². The largest absolute Gasteiger partial charge is 0.412 e. The summed E-state index contributed by atoms with van der Waals surface area (Å²) in [4.78, 5) is 88.6. The molecule has 0 bridgehead atoms. The number of para-hydroxylation sites is 1. The van der Waals surface area contributed by atoms with Crippen LogP contribution in [0, 0.1) is 28.2 Å². The van der Waals surface area contributed by atoms with Gasteiger partial charge in [0.1, 0.15) is 34.2 Å². The second-order valence-electron chi connectivity index (χ2n) is 16.6. The van der Waals surface area contributed by atoms with Crippen LogP contribution in [0.1, 0.15) is 57.0 Å². The van der Waals surface area contributed by atoms with Gasteiger partial charge in [0.15, 0.2) is 0 Å². The molecule has 16 nitrogen and oxygen atoms in total. The molecule has 75 heavy (non-hydrogen) atoms. The van der Waals surface area contributed by atoms with Crippen LogP contribution in [0.4, 0.5) is 29.3 Å². The minimum absolute atomic E-state index is 0. The molecule has 0 spiro atoms. The Balaban J connectivity index is 0.000000183. The molecule has 2 N–H and O–H groups in total. The Morgan fingerprint density at radius 3 is 1.39 bits per heavy atom. The van der Waals surface area contributed by atoms with Gasteiger partial charge in [-0.2, -0.15) is 0 Å². The quantitative estimate of drug-likeness (QED) is 0.0646. The number of urea groups is 1. The van der Waals surface area contributed by atoms with Crippen molar-refractivity contribution in [1.82, 2.24) is 23.2 Å². The second kappa shape index (κ2) is 26.8. The van der Waals surface area contributed by atoms with Crippen LogP contribution in [0.2, 0.25) is 10.3 Å². The first kappa shape index (κ1) is 62.1. The van der Waals surface area contributed by atoms with Crippen molar-refractivity contribution in [2.45, 2.75) is 63.1 Å². The summed E-state index contributed by atoms with van der Waals surface area (Å²) < 4.78 is 57.9. The van der Waals surface area contributed by atoms with E-state index in [0.29, 0.717) is 10.7 Å². The fraction of sp³-hybridized carbons (Fsp3) is 0.255. The van der Waals surface area contributed by atoms with Gasteiger partial charge in [0.05, 0.1) is 17.1 Å². The van der Waals surface area contributed by atoms with E-state index in [0.717, 1.165) is 74.2 Å². The Bertz CT molecular complexity index is 3420. The van der Waals surface area contributed by atoms with Gasteiger partial charge >= 0.3 is 22.6 Å². The minimum atomic E-state index is -3.22. The van der Waals surface area contributed by atoms with Gasteiger partial charge in [-0.25, -0.2) is 41.6 Å². The first-order chi connectivity index (χ1) is 34.8. The van der Waals surface area contributed by atoms with Gasteiger partial charge < -0.3 is 10.4 Å². The van der Waals surface area contributed by atoms with E-state index >= 15 is 0 Å². The van der Waals surface area contributed by atoms with Crippen LogP contribution in [0.15, 0.2) is 116 Å². The maximum Gasteiger partial charge on any atom is 0.339 e. The molecule has 1 saturated heterocycles. The summed E-state index contributed by atoms with van der Waals surface area (Å²) in [7, 11) is 4.07. The number of carbonyl (C=O) groups excluding carboxylic acids is 3. The number of rotatable bonds is 7. The van der Waals surface area contributed by atoms with Crippen molar-refractivity contribution in [2.24, 2.45) is 0 Å². The van der Waals surface area contributed by atoms with E-state index in [1.54, 1.807) is 18.2 Å². The van der Waals surface area contributed by atoms with Crippen molar-refractivity contribution < 1.29 is 37.6 Å². The normalized spacial score (nSPS) is 14.9.